The quantitative estimate of drug-likeness (QED) is 0.492. The number of carbonyl (C=O) groups is 1. The number of nitrogens with one attached hydrogen (secondary N) is 3. The van der Waals surface area contributed by atoms with E-state index in [1.54, 1.807) is 25.6 Å². The number of para-hydroxylation sites is 1. The third-order valence-electron chi connectivity index (χ3n) is 6.46. The van der Waals surface area contributed by atoms with Crippen LogP contribution in [0.15, 0.2) is 42.7 Å². The number of likely N-dealkylation sites (N-methyl/N-ethyl adjacent to an activating group) is 1. The predicted molar refractivity (Wildman–Crippen MR) is 132 cm³/mol. The normalized spacial score (nSPS) is 20.5. The maximum atomic E-state index is 13.2. The van der Waals surface area contributed by atoms with E-state index in [1.165, 1.54) is 0 Å². The van der Waals surface area contributed by atoms with Gasteiger partial charge in [-0.05, 0) is 37.7 Å². The summed E-state index contributed by atoms with van der Waals surface area (Å²) in [6, 6.07) is 9.34. The summed E-state index contributed by atoms with van der Waals surface area (Å²) < 4.78 is 11.6. The topological polar surface area (TPSA) is 91.5 Å². The second kappa shape index (κ2) is 9.66. The first-order valence-electron chi connectivity index (χ1n) is 11.4. The van der Waals surface area contributed by atoms with Crippen molar-refractivity contribution in [2.45, 2.75) is 18.4 Å². The Kier molecular flexibility index (Phi) is 6.45. The van der Waals surface area contributed by atoms with E-state index < -0.39 is 0 Å². The van der Waals surface area contributed by atoms with Crippen LogP contribution in [0.25, 0.3) is 11.3 Å². The molecule has 0 radical (unpaired) electrons. The number of anilines is 2. The minimum absolute atomic E-state index is 0.0987. The zero-order chi connectivity index (χ0) is 23.7. The van der Waals surface area contributed by atoms with E-state index in [1.807, 2.05) is 24.3 Å². The van der Waals surface area contributed by atoms with E-state index >= 15 is 0 Å². The molecule has 0 aliphatic carbocycles. The van der Waals surface area contributed by atoms with Gasteiger partial charge >= 0.3 is 0 Å². The highest BCUT2D eigenvalue weighted by Gasteiger charge is 2.35. The summed E-state index contributed by atoms with van der Waals surface area (Å²) in [5.41, 5.74) is 4.63. The Morgan fingerprint density at radius 2 is 2.12 bits per heavy atom. The third kappa shape index (κ3) is 4.36. The maximum Gasteiger partial charge on any atom is 0.255 e. The van der Waals surface area contributed by atoms with Gasteiger partial charge in [0.1, 0.15) is 0 Å². The molecule has 0 saturated carbocycles. The molecule has 178 valence electrons. The molecule has 3 N–H and O–H groups in total. The first-order valence-corrected chi connectivity index (χ1v) is 11.8. The zero-order valence-electron chi connectivity index (χ0n) is 19.2. The van der Waals surface area contributed by atoms with Crippen molar-refractivity contribution in [3.63, 3.8) is 0 Å². The van der Waals surface area contributed by atoms with E-state index in [9.17, 15) is 4.79 Å². The Bertz CT molecular complexity index is 1180. The molecule has 0 bridgehead atoms. The molecule has 2 aliphatic rings. The summed E-state index contributed by atoms with van der Waals surface area (Å²) in [7, 11) is 3.69. The molecule has 5 rings (SSSR count). The van der Waals surface area contributed by atoms with Crippen LogP contribution in [0, 0.1) is 0 Å². The first-order chi connectivity index (χ1) is 16.5. The lowest BCUT2D eigenvalue weighted by Crippen LogP contribution is -2.43. The minimum Gasteiger partial charge on any atom is -0.493 e. The molecule has 1 unspecified atom stereocenters. The first kappa shape index (κ1) is 22.7. The molecule has 34 heavy (non-hydrogen) atoms. The Labute approximate surface area is 203 Å². The third-order valence-corrected chi connectivity index (χ3v) is 6.76. The van der Waals surface area contributed by atoms with Crippen molar-refractivity contribution in [1.82, 2.24) is 20.2 Å². The summed E-state index contributed by atoms with van der Waals surface area (Å²) >= 11 is 6.36. The largest absolute Gasteiger partial charge is 0.493 e. The molecule has 1 fully saturated rings. The monoisotopic (exact) mass is 481 g/mol. The molecule has 4 heterocycles. The fraction of sp³-hybridized carbons (Fsp3) is 0.360. The molecule has 1 amide bonds. The van der Waals surface area contributed by atoms with Crippen molar-refractivity contribution in [3.05, 3.63) is 59.0 Å². The standard InChI is InChI=1S/C25H28ClN5O3/c1-31-10-11-34-17(14-31)12-16-13-28-25(32)20-21(16)30-22(15-6-8-27-9-7-15)23(20)29-19-5-3-4-18(26)24(19)33-2/h3-9,16-17,29-30H,10-14H2,1-2H3,(H,28,32)/t16?,17-/m1/s1. The van der Waals surface area contributed by atoms with Gasteiger partial charge in [-0.15, -0.1) is 0 Å². The van der Waals surface area contributed by atoms with Crippen LogP contribution in [0.2, 0.25) is 5.02 Å². The smallest absolute Gasteiger partial charge is 0.255 e. The number of hydrogen-bond donors (Lipinski definition) is 3. The number of fused-ring (bicyclic) bond motifs is 1. The number of aromatic nitrogens is 2. The molecular weight excluding hydrogens is 454 g/mol. The van der Waals surface area contributed by atoms with E-state index in [0.29, 0.717) is 34.3 Å². The van der Waals surface area contributed by atoms with E-state index in [2.05, 4.69) is 32.5 Å². The van der Waals surface area contributed by atoms with Gasteiger partial charge in [-0.2, -0.15) is 0 Å². The summed E-state index contributed by atoms with van der Waals surface area (Å²) in [5.74, 6) is 0.501. The highest BCUT2D eigenvalue weighted by atomic mass is 35.5. The number of carbonyl (C=O) groups excluding carboxylic acids is 1. The molecular formula is C25H28ClN5O3. The SMILES string of the molecule is COc1c(Cl)cccc1Nc1c(-c2ccncc2)[nH]c2c1C(=O)NCC2C[C@@H]1CN(C)CCO1. The summed E-state index contributed by atoms with van der Waals surface area (Å²) in [5, 5.41) is 7.01. The van der Waals surface area contributed by atoms with Crippen molar-refractivity contribution in [3.8, 4) is 17.0 Å². The van der Waals surface area contributed by atoms with Gasteiger partial charge < -0.3 is 30.0 Å². The number of halogens is 1. The lowest BCUT2D eigenvalue weighted by Gasteiger charge is -2.33. The molecule has 2 atom stereocenters. The van der Waals surface area contributed by atoms with Crippen LogP contribution < -0.4 is 15.4 Å². The number of ether oxygens (including phenoxy) is 2. The molecule has 8 nitrogen and oxygen atoms in total. The number of methoxy groups -OCH3 is 1. The van der Waals surface area contributed by atoms with E-state index in [4.69, 9.17) is 21.1 Å². The Balaban J connectivity index is 1.59. The lowest BCUT2D eigenvalue weighted by atomic mass is 9.91. The number of benzene rings is 1. The predicted octanol–water partition coefficient (Wildman–Crippen LogP) is 4.03. The highest BCUT2D eigenvalue weighted by molar-refractivity contribution is 6.32. The summed E-state index contributed by atoms with van der Waals surface area (Å²) in [6.07, 6.45) is 4.40. The van der Waals surface area contributed by atoms with Crippen LogP contribution in [0.1, 0.15) is 28.4 Å². The number of aromatic amines is 1. The number of rotatable bonds is 6. The molecule has 9 heteroatoms. The molecule has 2 aromatic heterocycles. The van der Waals surface area contributed by atoms with E-state index in [0.717, 1.165) is 43.1 Å². The van der Waals surface area contributed by atoms with Crippen LogP contribution in [-0.4, -0.2) is 67.3 Å². The Morgan fingerprint density at radius 1 is 1.29 bits per heavy atom. The molecule has 1 aromatic carbocycles. The molecule has 3 aromatic rings. The van der Waals surface area contributed by atoms with Gasteiger partial charge in [-0.3, -0.25) is 9.78 Å². The average Bonchev–Trinajstić information content (AvgIpc) is 3.22. The van der Waals surface area contributed by atoms with Crippen molar-refractivity contribution in [2.75, 3.05) is 45.7 Å². The average molecular weight is 482 g/mol. The second-order valence-corrected chi connectivity index (χ2v) is 9.15. The number of pyridine rings is 1. The van der Waals surface area contributed by atoms with Crippen molar-refractivity contribution >= 4 is 28.9 Å². The molecule has 1 saturated heterocycles. The van der Waals surface area contributed by atoms with Crippen LogP contribution >= 0.6 is 11.6 Å². The summed E-state index contributed by atoms with van der Waals surface area (Å²) in [6.45, 7) is 3.10. The highest BCUT2D eigenvalue weighted by Crippen LogP contribution is 2.43. The summed E-state index contributed by atoms with van der Waals surface area (Å²) in [4.78, 5) is 23.2. The van der Waals surface area contributed by atoms with Gasteiger partial charge in [-0.25, -0.2) is 0 Å². The molecule has 2 aliphatic heterocycles. The molecule has 0 spiro atoms. The van der Waals surface area contributed by atoms with Gasteiger partial charge in [0.25, 0.3) is 5.91 Å². The van der Waals surface area contributed by atoms with Crippen LogP contribution in [0.5, 0.6) is 5.75 Å². The van der Waals surface area contributed by atoms with Gasteiger partial charge in [-0.1, -0.05) is 17.7 Å². The zero-order valence-corrected chi connectivity index (χ0v) is 20.0. The van der Waals surface area contributed by atoms with Crippen molar-refractivity contribution in [2.24, 2.45) is 0 Å². The van der Waals surface area contributed by atoms with E-state index in [-0.39, 0.29) is 17.9 Å². The fourth-order valence-corrected chi connectivity index (χ4v) is 5.06. The van der Waals surface area contributed by atoms with Crippen LogP contribution in [0.4, 0.5) is 11.4 Å². The van der Waals surface area contributed by atoms with Crippen LogP contribution in [-0.2, 0) is 4.74 Å². The van der Waals surface area contributed by atoms with Crippen LogP contribution in [0.3, 0.4) is 0 Å². The lowest BCUT2D eigenvalue weighted by molar-refractivity contribution is -0.0268. The fourth-order valence-electron chi connectivity index (χ4n) is 4.81. The Morgan fingerprint density at radius 3 is 2.88 bits per heavy atom. The second-order valence-electron chi connectivity index (χ2n) is 8.74. The van der Waals surface area contributed by atoms with Gasteiger partial charge in [0.2, 0.25) is 0 Å². The van der Waals surface area contributed by atoms with Gasteiger partial charge in [0.05, 0.1) is 47.5 Å². The van der Waals surface area contributed by atoms with Crippen molar-refractivity contribution < 1.29 is 14.3 Å². The number of amides is 1. The van der Waals surface area contributed by atoms with Gasteiger partial charge in [0.15, 0.2) is 5.75 Å². The number of nitrogens with zero attached hydrogens (tertiary/aromatic N) is 2. The minimum atomic E-state index is -0.118. The number of hydrogen-bond acceptors (Lipinski definition) is 6. The van der Waals surface area contributed by atoms with Crippen molar-refractivity contribution in [1.29, 1.82) is 0 Å². The van der Waals surface area contributed by atoms with Gasteiger partial charge in [0, 0.05) is 49.2 Å². The maximum absolute atomic E-state index is 13.2. The number of H-pyrrole nitrogens is 1. The number of morpholine rings is 1. The Hall–Kier alpha value is -3.07.